The zero-order valence-electron chi connectivity index (χ0n) is 15.0. The van der Waals surface area contributed by atoms with Crippen molar-refractivity contribution in [2.24, 2.45) is 5.92 Å². The van der Waals surface area contributed by atoms with E-state index in [1.165, 1.54) is 45.2 Å². The maximum Gasteiger partial charge on any atom is 0.223 e. The van der Waals surface area contributed by atoms with Crippen LogP contribution in [0.3, 0.4) is 0 Å². The molecule has 136 valence electrons. The minimum absolute atomic E-state index is 0.182. The largest absolute Gasteiger partial charge is 0.356 e. The molecule has 2 heterocycles. The van der Waals surface area contributed by atoms with Crippen LogP contribution in [0.25, 0.3) is 0 Å². The van der Waals surface area contributed by atoms with Gasteiger partial charge in [0.2, 0.25) is 11.8 Å². The van der Waals surface area contributed by atoms with Gasteiger partial charge in [-0.05, 0) is 58.0 Å². The van der Waals surface area contributed by atoms with E-state index >= 15 is 0 Å². The van der Waals surface area contributed by atoms with Crippen LogP contribution in [0.1, 0.15) is 64.2 Å². The Morgan fingerprint density at radius 1 is 0.917 bits per heavy atom. The molecule has 0 spiro atoms. The maximum absolute atomic E-state index is 12.5. The van der Waals surface area contributed by atoms with Crippen molar-refractivity contribution in [3.8, 4) is 0 Å². The van der Waals surface area contributed by atoms with Gasteiger partial charge in [0.05, 0.1) is 0 Å². The molecule has 5 nitrogen and oxygen atoms in total. The van der Waals surface area contributed by atoms with Crippen molar-refractivity contribution in [1.29, 1.82) is 0 Å². The van der Waals surface area contributed by atoms with Crippen LogP contribution in [0.2, 0.25) is 0 Å². The molecule has 0 aromatic heterocycles. The molecule has 0 aromatic carbocycles. The van der Waals surface area contributed by atoms with E-state index in [2.05, 4.69) is 15.1 Å². The standard InChI is InChI=1S/C19H33N3O2/c23-18(8-5-11-20-19(24)16-9-10-16)22-14-6-7-17(15-22)21-12-3-1-2-4-13-21/h16-17H,1-15H2,(H,20,24)/t17-/m1/s1. The predicted molar refractivity (Wildman–Crippen MR) is 94.6 cm³/mol. The van der Waals surface area contributed by atoms with E-state index in [9.17, 15) is 9.59 Å². The first-order valence-corrected chi connectivity index (χ1v) is 10.0. The average molecular weight is 335 g/mol. The predicted octanol–water partition coefficient (Wildman–Crippen LogP) is 2.16. The second-order valence-corrected chi connectivity index (χ2v) is 7.75. The Kier molecular flexibility index (Phi) is 6.52. The number of amides is 2. The molecule has 1 aliphatic carbocycles. The van der Waals surface area contributed by atoms with Crippen molar-refractivity contribution in [2.75, 3.05) is 32.7 Å². The summed E-state index contributed by atoms with van der Waals surface area (Å²) in [6, 6.07) is 0.565. The van der Waals surface area contributed by atoms with E-state index in [1.807, 2.05) is 0 Å². The summed E-state index contributed by atoms with van der Waals surface area (Å²) < 4.78 is 0. The molecule has 0 bridgehead atoms. The van der Waals surface area contributed by atoms with Crippen molar-refractivity contribution >= 4 is 11.8 Å². The first-order chi connectivity index (χ1) is 11.7. The van der Waals surface area contributed by atoms with E-state index in [-0.39, 0.29) is 17.7 Å². The molecular formula is C19H33N3O2. The number of likely N-dealkylation sites (tertiary alicyclic amines) is 2. The zero-order valence-corrected chi connectivity index (χ0v) is 15.0. The summed E-state index contributed by atoms with van der Waals surface area (Å²) in [5.74, 6) is 0.717. The molecule has 1 N–H and O–H groups in total. The van der Waals surface area contributed by atoms with Gasteiger partial charge in [-0.3, -0.25) is 14.5 Å². The summed E-state index contributed by atoms with van der Waals surface area (Å²) in [5.41, 5.74) is 0. The number of hydrogen-bond donors (Lipinski definition) is 1. The lowest BCUT2D eigenvalue weighted by Gasteiger charge is -2.39. The van der Waals surface area contributed by atoms with E-state index in [0.717, 1.165) is 38.8 Å². The first-order valence-electron chi connectivity index (χ1n) is 10.0. The minimum atomic E-state index is 0.182. The van der Waals surface area contributed by atoms with Gasteiger partial charge in [-0.1, -0.05) is 12.8 Å². The van der Waals surface area contributed by atoms with Crippen LogP contribution >= 0.6 is 0 Å². The first kappa shape index (κ1) is 17.7. The lowest BCUT2D eigenvalue weighted by Crippen LogP contribution is -2.50. The van der Waals surface area contributed by atoms with Crippen molar-refractivity contribution in [3.63, 3.8) is 0 Å². The fourth-order valence-corrected chi connectivity index (χ4v) is 4.04. The quantitative estimate of drug-likeness (QED) is 0.757. The molecule has 0 radical (unpaired) electrons. The molecule has 3 aliphatic rings. The molecular weight excluding hydrogens is 302 g/mol. The number of carbonyl (C=O) groups is 2. The molecule has 0 unspecified atom stereocenters. The van der Waals surface area contributed by atoms with Gasteiger partial charge in [0, 0.05) is 38.0 Å². The third-order valence-electron chi connectivity index (χ3n) is 5.72. The SMILES string of the molecule is O=C(NCCCC(=O)N1CCC[C@@H](N2CCCCCC2)C1)C1CC1. The summed E-state index contributed by atoms with van der Waals surface area (Å²) in [6.45, 7) is 4.88. The Hall–Kier alpha value is -1.10. The monoisotopic (exact) mass is 335 g/mol. The van der Waals surface area contributed by atoms with Gasteiger partial charge in [-0.25, -0.2) is 0 Å². The van der Waals surface area contributed by atoms with E-state index in [4.69, 9.17) is 0 Å². The highest BCUT2D eigenvalue weighted by Crippen LogP contribution is 2.28. The van der Waals surface area contributed by atoms with Crippen LogP contribution in [-0.2, 0) is 9.59 Å². The smallest absolute Gasteiger partial charge is 0.223 e. The zero-order chi connectivity index (χ0) is 16.8. The van der Waals surface area contributed by atoms with Crippen molar-refractivity contribution in [2.45, 2.75) is 70.3 Å². The average Bonchev–Trinajstić information content (AvgIpc) is 3.45. The molecule has 1 atom stereocenters. The highest BCUT2D eigenvalue weighted by Gasteiger charge is 2.30. The lowest BCUT2D eigenvalue weighted by molar-refractivity contribution is -0.133. The van der Waals surface area contributed by atoms with Crippen LogP contribution in [0.5, 0.6) is 0 Å². The fraction of sp³-hybridized carbons (Fsp3) is 0.895. The van der Waals surface area contributed by atoms with Gasteiger partial charge in [-0.2, -0.15) is 0 Å². The fourth-order valence-electron chi connectivity index (χ4n) is 4.04. The van der Waals surface area contributed by atoms with Gasteiger partial charge in [-0.15, -0.1) is 0 Å². The topological polar surface area (TPSA) is 52.7 Å². The summed E-state index contributed by atoms with van der Waals surface area (Å²) >= 11 is 0. The second-order valence-electron chi connectivity index (χ2n) is 7.75. The Labute approximate surface area is 146 Å². The lowest BCUT2D eigenvalue weighted by atomic mass is 10.0. The molecule has 5 heteroatoms. The number of piperidine rings is 1. The van der Waals surface area contributed by atoms with Crippen LogP contribution in [0.4, 0.5) is 0 Å². The van der Waals surface area contributed by atoms with E-state index in [1.54, 1.807) is 0 Å². The van der Waals surface area contributed by atoms with E-state index < -0.39 is 0 Å². The number of nitrogens with one attached hydrogen (secondary N) is 1. The van der Waals surface area contributed by atoms with Gasteiger partial charge >= 0.3 is 0 Å². The normalized spacial score (nSPS) is 26.0. The third kappa shape index (κ3) is 5.20. The van der Waals surface area contributed by atoms with Gasteiger partial charge in [0.15, 0.2) is 0 Å². The van der Waals surface area contributed by atoms with Crippen molar-refractivity contribution in [3.05, 3.63) is 0 Å². The second kappa shape index (κ2) is 8.84. The molecule has 2 saturated heterocycles. The number of hydrogen-bond acceptors (Lipinski definition) is 3. The van der Waals surface area contributed by atoms with Gasteiger partial charge < -0.3 is 10.2 Å². The molecule has 0 aromatic rings. The van der Waals surface area contributed by atoms with Crippen LogP contribution in [-0.4, -0.2) is 60.4 Å². The molecule has 24 heavy (non-hydrogen) atoms. The third-order valence-corrected chi connectivity index (χ3v) is 5.72. The van der Waals surface area contributed by atoms with Crippen LogP contribution < -0.4 is 5.32 Å². The Bertz CT molecular complexity index is 428. The minimum Gasteiger partial charge on any atom is -0.356 e. The Morgan fingerprint density at radius 3 is 2.38 bits per heavy atom. The van der Waals surface area contributed by atoms with Crippen LogP contribution in [0, 0.1) is 5.92 Å². The number of carbonyl (C=O) groups excluding carboxylic acids is 2. The summed E-state index contributed by atoms with van der Waals surface area (Å²) in [6.07, 6.45) is 11.1. The molecule has 2 aliphatic heterocycles. The summed E-state index contributed by atoms with van der Waals surface area (Å²) in [5, 5.41) is 2.95. The van der Waals surface area contributed by atoms with E-state index in [0.29, 0.717) is 19.0 Å². The highest BCUT2D eigenvalue weighted by molar-refractivity contribution is 5.81. The van der Waals surface area contributed by atoms with Crippen molar-refractivity contribution in [1.82, 2.24) is 15.1 Å². The molecule has 2 amide bonds. The number of nitrogens with zero attached hydrogens (tertiary/aromatic N) is 2. The molecule has 3 rings (SSSR count). The summed E-state index contributed by atoms with van der Waals surface area (Å²) in [4.78, 5) is 28.8. The number of rotatable bonds is 6. The Morgan fingerprint density at radius 2 is 1.67 bits per heavy atom. The molecule has 3 fully saturated rings. The maximum atomic E-state index is 12.5. The van der Waals surface area contributed by atoms with Crippen molar-refractivity contribution < 1.29 is 9.59 Å². The summed E-state index contributed by atoms with van der Waals surface area (Å²) in [7, 11) is 0. The van der Waals surface area contributed by atoms with Crippen LogP contribution in [0.15, 0.2) is 0 Å². The van der Waals surface area contributed by atoms with Gasteiger partial charge in [0.1, 0.15) is 0 Å². The van der Waals surface area contributed by atoms with Gasteiger partial charge in [0.25, 0.3) is 0 Å². The molecule has 1 saturated carbocycles. The highest BCUT2D eigenvalue weighted by atomic mass is 16.2. The Balaban J connectivity index is 1.36.